The van der Waals surface area contributed by atoms with E-state index in [1.165, 1.54) is 0 Å². The van der Waals surface area contributed by atoms with Crippen LogP contribution in [0.1, 0.15) is 39.3 Å². The van der Waals surface area contributed by atoms with E-state index in [-0.39, 0.29) is 5.54 Å². The first-order valence-corrected chi connectivity index (χ1v) is 7.85. The molecule has 0 bridgehead atoms. The molecule has 1 saturated carbocycles. The number of nitrogens with two attached hydrogens (primary N) is 1. The zero-order chi connectivity index (χ0) is 16.6. The summed E-state index contributed by atoms with van der Waals surface area (Å²) in [6.07, 6.45) is 3.73. The summed E-state index contributed by atoms with van der Waals surface area (Å²) in [4.78, 5) is 8.87. The molecular weight excluding hydrogens is 288 g/mol. The number of nitrogens with one attached hydrogen (secondary N) is 2. The quantitative estimate of drug-likeness (QED) is 0.806. The first-order chi connectivity index (χ1) is 10.8. The van der Waals surface area contributed by atoms with E-state index in [0.29, 0.717) is 23.6 Å². The lowest BCUT2D eigenvalue weighted by molar-refractivity contribution is 0.373. The lowest BCUT2D eigenvalue weighted by Gasteiger charge is -2.33. The summed E-state index contributed by atoms with van der Waals surface area (Å²) in [5.41, 5.74) is 6.07. The first-order valence-electron chi connectivity index (χ1n) is 7.85. The van der Waals surface area contributed by atoms with Gasteiger partial charge in [-0.3, -0.25) is 0 Å². The third-order valence-corrected chi connectivity index (χ3v) is 3.85. The fourth-order valence-corrected chi connectivity index (χ4v) is 2.72. The molecule has 1 aliphatic carbocycles. The van der Waals surface area contributed by atoms with Crippen molar-refractivity contribution in [2.24, 2.45) is 5.73 Å². The standard InChI is InChI=1S/C17H22N6/c1-17(2,3)23-16-14-7-15(21-12-5-11(19)6-12)20-9-10(14)4-13(8-18)22-16/h4,7,9,11-12H,5-6,19H2,1-3H3,(H,20,21)(H,22,23). The minimum Gasteiger partial charge on any atom is -0.367 e. The Bertz CT molecular complexity index is 765. The number of nitriles is 1. The van der Waals surface area contributed by atoms with Gasteiger partial charge in [-0.1, -0.05) is 0 Å². The number of hydrogen-bond acceptors (Lipinski definition) is 6. The molecule has 0 radical (unpaired) electrons. The molecule has 0 spiro atoms. The van der Waals surface area contributed by atoms with Crippen molar-refractivity contribution < 1.29 is 0 Å². The van der Waals surface area contributed by atoms with Crippen LogP contribution in [-0.4, -0.2) is 27.6 Å². The maximum atomic E-state index is 9.17. The van der Waals surface area contributed by atoms with Crippen LogP contribution in [0, 0.1) is 11.3 Å². The van der Waals surface area contributed by atoms with Crippen molar-refractivity contribution >= 4 is 22.4 Å². The second kappa shape index (κ2) is 5.67. The predicted molar refractivity (Wildman–Crippen MR) is 92.2 cm³/mol. The lowest BCUT2D eigenvalue weighted by Crippen LogP contribution is -2.44. The van der Waals surface area contributed by atoms with Gasteiger partial charge >= 0.3 is 0 Å². The Morgan fingerprint density at radius 1 is 1.30 bits per heavy atom. The van der Waals surface area contributed by atoms with Gasteiger partial charge in [-0.2, -0.15) is 5.26 Å². The monoisotopic (exact) mass is 310 g/mol. The van der Waals surface area contributed by atoms with Crippen LogP contribution in [0.3, 0.4) is 0 Å². The topological polar surface area (TPSA) is 99.6 Å². The van der Waals surface area contributed by atoms with E-state index in [1.807, 2.05) is 6.07 Å². The summed E-state index contributed by atoms with van der Waals surface area (Å²) in [5.74, 6) is 1.53. The van der Waals surface area contributed by atoms with Gasteiger partial charge in [0, 0.05) is 34.6 Å². The molecule has 0 atom stereocenters. The molecule has 0 unspecified atom stereocenters. The molecule has 120 valence electrons. The van der Waals surface area contributed by atoms with Gasteiger partial charge in [0.25, 0.3) is 0 Å². The minimum atomic E-state index is -0.147. The average molecular weight is 310 g/mol. The molecule has 0 saturated heterocycles. The van der Waals surface area contributed by atoms with E-state index in [9.17, 15) is 5.26 Å². The number of fused-ring (bicyclic) bond motifs is 1. The van der Waals surface area contributed by atoms with Gasteiger partial charge in [-0.05, 0) is 45.7 Å². The van der Waals surface area contributed by atoms with Crippen LogP contribution in [0.2, 0.25) is 0 Å². The van der Waals surface area contributed by atoms with Crippen molar-refractivity contribution in [1.82, 2.24) is 9.97 Å². The molecule has 6 nitrogen and oxygen atoms in total. The van der Waals surface area contributed by atoms with Crippen molar-refractivity contribution in [1.29, 1.82) is 5.26 Å². The summed E-state index contributed by atoms with van der Waals surface area (Å²) in [6.45, 7) is 6.20. The van der Waals surface area contributed by atoms with Gasteiger partial charge in [-0.25, -0.2) is 9.97 Å². The van der Waals surface area contributed by atoms with Gasteiger partial charge < -0.3 is 16.4 Å². The molecule has 2 aromatic heterocycles. The highest BCUT2D eigenvalue weighted by atomic mass is 15.1. The summed E-state index contributed by atoms with van der Waals surface area (Å²) in [7, 11) is 0. The maximum Gasteiger partial charge on any atom is 0.143 e. The Balaban J connectivity index is 1.98. The Kier molecular flexibility index (Phi) is 3.82. The van der Waals surface area contributed by atoms with E-state index in [2.05, 4.69) is 47.4 Å². The second-order valence-corrected chi connectivity index (χ2v) is 7.21. The smallest absolute Gasteiger partial charge is 0.143 e. The molecule has 0 aromatic carbocycles. The van der Waals surface area contributed by atoms with Gasteiger partial charge in [0.15, 0.2) is 0 Å². The molecule has 0 amide bonds. The highest BCUT2D eigenvalue weighted by Gasteiger charge is 2.26. The number of aromatic nitrogens is 2. The Morgan fingerprint density at radius 2 is 2.04 bits per heavy atom. The Morgan fingerprint density at radius 3 is 2.65 bits per heavy atom. The predicted octanol–water partition coefficient (Wildman–Crippen LogP) is 2.61. The van der Waals surface area contributed by atoms with Crippen LogP contribution in [0.15, 0.2) is 18.3 Å². The van der Waals surface area contributed by atoms with E-state index in [1.54, 1.807) is 12.3 Å². The van der Waals surface area contributed by atoms with Crippen molar-refractivity contribution in [3.8, 4) is 6.07 Å². The van der Waals surface area contributed by atoms with Gasteiger partial charge in [0.2, 0.25) is 0 Å². The van der Waals surface area contributed by atoms with Gasteiger partial charge in [0.1, 0.15) is 23.4 Å². The van der Waals surface area contributed by atoms with Crippen molar-refractivity contribution in [2.75, 3.05) is 10.6 Å². The molecule has 4 N–H and O–H groups in total. The van der Waals surface area contributed by atoms with Crippen LogP contribution < -0.4 is 16.4 Å². The van der Waals surface area contributed by atoms with E-state index in [4.69, 9.17) is 5.73 Å². The zero-order valence-electron chi connectivity index (χ0n) is 13.7. The first kappa shape index (κ1) is 15.5. The number of rotatable bonds is 3. The summed E-state index contributed by atoms with van der Waals surface area (Å²) in [5, 5.41) is 17.8. The molecule has 23 heavy (non-hydrogen) atoms. The molecule has 2 aromatic rings. The average Bonchev–Trinajstić information content (AvgIpc) is 2.44. The summed E-state index contributed by atoms with van der Waals surface area (Å²) >= 11 is 0. The zero-order valence-corrected chi connectivity index (χ0v) is 13.7. The molecule has 6 heteroatoms. The Hall–Kier alpha value is -2.39. The second-order valence-electron chi connectivity index (χ2n) is 7.21. The van der Waals surface area contributed by atoms with Crippen molar-refractivity contribution in [3.05, 3.63) is 24.0 Å². The van der Waals surface area contributed by atoms with E-state index in [0.717, 1.165) is 29.4 Å². The van der Waals surface area contributed by atoms with Crippen LogP contribution >= 0.6 is 0 Å². The highest BCUT2D eigenvalue weighted by molar-refractivity contribution is 5.94. The lowest BCUT2D eigenvalue weighted by atomic mass is 9.88. The molecule has 3 rings (SSSR count). The normalized spacial score (nSPS) is 20.7. The largest absolute Gasteiger partial charge is 0.367 e. The molecule has 2 heterocycles. The molecule has 1 fully saturated rings. The maximum absolute atomic E-state index is 9.17. The van der Waals surface area contributed by atoms with E-state index >= 15 is 0 Å². The third-order valence-electron chi connectivity index (χ3n) is 3.85. The fraction of sp³-hybridized carbons (Fsp3) is 0.471. The number of nitrogens with zero attached hydrogens (tertiary/aromatic N) is 3. The number of anilines is 2. The van der Waals surface area contributed by atoms with Crippen molar-refractivity contribution in [3.63, 3.8) is 0 Å². The molecule has 1 aliphatic rings. The molecular formula is C17H22N6. The van der Waals surface area contributed by atoms with Crippen molar-refractivity contribution in [2.45, 2.75) is 51.2 Å². The fourth-order valence-electron chi connectivity index (χ4n) is 2.72. The third kappa shape index (κ3) is 3.51. The summed E-state index contributed by atoms with van der Waals surface area (Å²) < 4.78 is 0. The highest BCUT2D eigenvalue weighted by Crippen LogP contribution is 2.28. The van der Waals surface area contributed by atoms with E-state index < -0.39 is 0 Å². The molecule has 0 aliphatic heterocycles. The van der Waals surface area contributed by atoms with Gasteiger partial charge in [0.05, 0.1) is 0 Å². The number of hydrogen-bond donors (Lipinski definition) is 3. The van der Waals surface area contributed by atoms with Crippen LogP contribution in [0.25, 0.3) is 10.8 Å². The van der Waals surface area contributed by atoms with Crippen LogP contribution in [0.5, 0.6) is 0 Å². The number of pyridine rings is 2. The minimum absolute atomic E-state index is 0.147. The Labute approximate surface area is 136 Å². The van der Waals surface area contributed by atoms with Crippen LogP contribution in [-0.2, 0) is 0 Å². The van der Waals surface area contributed by atoms with Crippen LogP contribution in [0.4, 0.5) is 11.6 Å². The van der Waals surface area contributed by atoms with Gasteiger partial charge in [-0.15, -0.1) is 0 Å². The summed E-state index contributed by atoms with van der Waals surface area (Å²) in [6, 6.07) is 6.54. The SMILES string of the molecule is CC(C)(C)Nc1nc(C#N)cc2cnc(NC3CC(N)C3)cc12.